The fraction of sp³-hybridized carbons (Fsp3) is 0.467. The van der Waals surface area contributed by atoms with Crippen molar-refractivity contribution >= 4 is 55.1 Å². The van der Waals surface area contributed by atoms with E-state index >= 15 is 0 Å². The lowest BCUT2D eigenvalue weighted by atomic mass is 10.2. The number of allylic oxidation sites excluding steroid dienone is 1. The van der Waals surface area contributed by atoms with Gasteiger partial charge < -0.3 is 9.47 Å². The molecule has 1 aromatic rings. The maximum Gasteiger partial charge on any atom is 0.340 e. The van der Waals surface area contributed by atoms with Crippen LogP contribution >= 0.6 is 43.2 Å². The van der Waals surface area contributed by atoms with Gasteiger partial charge in [0.05, 0.1) is 26.4 Å². The monoisotopic (exact) mass is 452 g/mol. The quantitative estimate of drug-likeness (QED) is 0.296. The van der Waals surface area contributed by atoms with E-state index in [1.54, 1.807) is 19.1 Å². The number of ether oxygens (including phenoxy) is 2. The van der Waals surface area contributed by atoms with Crippen LogP contribution in [0.15, 0.2) is 25.8 Å². The molecule has 0 bridgehead atoms. The molecule has 0 amide bonds. The van der Waals surface area contributed by atoms with Crippen molar-refractivity contribution < 1.29 is 19.1 Å². The van der Waals surface area contributed by atoms with Gasteiger partial charge in [-0.25, -0.2) is 9.59 Å². The molecule has 0 aliphatic carbocycles. The molecule has 1 aromatic heterocycles. The Bertz CT molecular complexity index is 526. The van der Waals surface area contributed by atoms with Gasteiger partial charge in [0.1, 0.15) is 0 Å². The first-order chi connectivity index (χ1) is 10.5. The third kappa shape index (κ3) is 7.56. The number of hydrogen-bond acceptors (Lipinski definition) is 5. The minimum absolute atomic E-state index is 0.302. The van der Waals surface area contributed by atoms with Crippen molar-refractivity contribution in [1.29, 1.82) is 0 Å². The van der Waals surface area contributed by atoms with Gasteiger partial charge in [0.15, 0.2) is 0 Å². The minimum atomic E-state index is -0.311. The number of hydrogen-bond donors (Lipinski definition) is 0. The highest BCUT2D eigenvalue weighted by Crippen LogP contribution is 2.32. The summed E-state index contributed by atoms with van der Waals surface area (Å²) in [5.41, 5.74) is 0.549. The van der Waals surface area contributed by atoms with Crippen LogP contribution in [0.1, 0.15) is 43.0 Å². The summed E-state index contributed by atoms with van der Waals surface area (Å²) in [6, 6.07) is 1.75. The smallest absolute Gasteiger partial charge is 0.340 e. The number of rotatable bonds is 9. The highest BCUT2D eigenvalue weighted by molar-refractivity contribution is 9.12. The van der Waals surface area contributed by atoms with E-state index in [0.29, 0.717) is 18.8 Å². The molecule has 22 heavy (non-hydrogen) atoms. The van der Waals surface area contributed by atoms with E-state index in [1.165, 1.54) is 17.4 Å². The first-order valence-electron chi connectivity index (χ1n) is 6.96. The summed E-state index contributed by atoms with van der Waals surface area (Å²) in [7, 11) is 0. The Morgan fingerprint density at radius 1 is 1.14 bits per heavy atom. The van der Waals surface area contributed by atoms with E-state index in [2.05, 4.69) is 31.9 Å². The van der Waals surface area contributed by atoms with Gasteiger partial charge in [-0.3, -0.25) is 0 Å². The van der Waals surface area contributed by atoms with E-state index in [-0.39, 0.29) is 11.9 Å². The molecule has 0 aliphatic rings. The summed E-state index contributed by atoms with van der Waals surface area (Å²) in [4.78, 5) is 22.9. The molecule has 0 spiro atoms. The Labute approximate surface area is 151 Å². The van der Waals surface area contributed by atoms with Crippen molar-refractivity contribution in [3.63, 3.8) is 0 Å². The second kappa shape index (κ2) is 11.0. The molecular formula is C15H18Br2O4S. The predicted octanol–water partition coefficient (Wildman–Crippen LogP) is 5.11. The van der Waals surface area contributed by atoms with Crippen molar-refractivity contribution in [3.05, 3.63) is 31.4 Å². The first kappa shape index (κ1) is 19.4. The Hall–Kier alpha value is -0.660. The van der Waals surface area contributed by atoms with Crippen LogP contribution < -0.4 is 0 Å². The van der Waals surface area contributed by atoms with Crippen molar-refractivity contribution in [2.45, 2.75) is 32.6 Å². The highest BCUT2D eigenvalue weighted by atomic mass is 79.9. The van der Waals surface area contributed by atoms with Crippen LogP contribution in [0.3, 0.4) is 0 Å². The van der Waals surface area contributed by atoms with Gasteiger partial charge >= 0.3 is 11.9 Å². The van der Waals surface area contributed by atoms with Gasteiger partial charge in [0.25, 0.3) is 0 Å². The lowest BCUT2D eigenvalue weighted by Crippen LogP contribution is -2.06. The lowest BCUT2D eigenvalue weighted by molar-refractivity contribution is -0.137. The molecule has 0 saturated heterocycles. The maximum atomic E-state index is 11.8. The number of halogens is 2. The van der Waals surface area contributed by atoms with Crippen LogP contribution in [-0.2, 0) is 14.3 Å². The summed E-state index contributed by atoms with van der Waals surface area (Å²) < 4.78 is 11.9. The second-order valence-electron chi connectivity index (χ2n) is 4.46. The van der Waals surface area contributed by atoms with E-state index in [9.17, 15) is 9.59 Å². The Morgan fingerprint density at radius 2 is 1.77 bits per heavy atom. The summed E-state index contributed by atoms with van der Waals surface area (Å²) in [5, 5.41) is 0. The van der Waals surface area contributed by atoms with E-state index in [4.69, 9.17) is 9.47 Å². The van der Waals surface area contributed by atoms with E-state index in [0.717, 1.165) is 33.3 Å². The molecule has 4 nitrogen and oxygen atoms in total. The van der Waals surface area contributed by atoms with E-state index < -0.39 is 0 Å². The maximum absolute atomic E-state index is 11.8. The summed E-state index contributed by atoms with van der Waals surface area (Å²) >= 11 is 8.10. The van der Waals surface area contributed by atoms with Crippen molar-refractivity contribution in [1.82, 2.24) is 0 Å². The Balaban J connectivity index is 2.05. The molecule has 7 heteroatoms. The first-order valence-corrected chi connectivity index (χ1v) is 9.36. The van der Waals surface area contributed by atoms with Crippen LogP contribution in [-0.4, -0.2) is 25.2 Å². The second-order valence-corrected chi connectivity index (χ2v) is 8.20. The number of carbonyl (C=O) groups excluding carboxylic acids is 2. The lowest BCUT2D eigenvalue weighted by Gasteiger charge is -2.04. The standard InChI is InChI=1S/C15H18Br2O4S/c1-2-7-13(18)20-8-5-3-4-6-9-21-15(19)11-10-12(16)22-14(11)17/h2,7,10H,3-6,8-9H2,1H3/b7-2+. The third-order valence-corrected chi connectivity index (χ3v) is 5.03. The number of carbonyl (C=O) groups is 2. The molecule has 0 atom stereocenters. The molecule has 0 saturated carbocycles. The minimum Gasteiger partial charge on any atom is -0.463 e. The van der Waals surface area contributed by atoms with Crippen molar-refractivity contribution in [2.24, 2.45) is 0 Å². The van der Waals surface area contributed by atoms with Crippen LogP contribution in [0.4, 0.5) is 0 Å². The molecule has 0 aromatic carbocycles. The molecule has 122 valence electrons. The van der Waals surface area contributed by atoms with Crippen LogP contribution in [0.2, 0.25) is 0 Å². The summed E-state index contributed by atoms with van der Waals surface area (Å²) in [5.74, 6) is -0.613. The fourth-order valence-electron chi connectivity index (χ4n) is 1.64. The Morgan fingerprint density at radius 3 is 2.32 bits per heavy atom. The normalized spacial score (nSPS) is 10.9. The third-order valence-electron chi connectivity index (χ3n) is 2.70. The average molecular weight is 454 g/mol. The van der Waals surface area contributed by atoms with E-state index in [1.807, 2.05) is 0 Å². The van der Waals surface area contributed by atoms with Gasteiger partial charge in [0, 0.05) is 6.08 Å². The van der Waals surface area contributed by atoms with Gasteiger partial charge in [-0.05, 0) is 70.5 Å². The molecular weight excluding hydrogens is 436 g/mol. The molecule has 1 rings (SSSR count). The average Bonchev–Trinajstić information content (AvgIpc) is 2.80. The van der Waals surface area contributed by atoms with Gasteiger partial charge in [-0.15, -0.1) is 11.3 Å². The van der Waals surface area contributed by atoms with Crippen molar-refractivity contribution in [2.75, 3.05) is 13.2 Å². The zero-order valence-corrected chi connectivity index (χ0v) is 16.3. The van der Waals surface area contributed by atoms with Crippen LogP contribution in [0.5, 0.6) is 0 Å². The molecule has 0 unspecified atom stereocenters. The molecule has 0 fully saturated rings. The van der Waals surface area contributed by atoms with Gasteiger partial charge in [-0.1, -0.05) is 6.08 Å². The largest absolute Gasteiger partial charge is 0.463 e. The molecule has 0 aliphatic heterocycles. The fourth-order valence-corrected chi connectivity index (χ4v) is 4.40. The summed E-state index contributed by atoms with van der Waals surface area (Å²) in [6.07, 6.45) is 6.55. The van der Waals surface area contributed by atoms with Crippen LogP contribution in [0.25, 0.3) is 0 Å². The number of unbranched alkanes of at least 4 members (excludes halogenated alkanes) is 3. The van der Waals surface area contributed by atoms with Gasteiger partial charge in [0.2, 0.25) is 0 Å². The zero-order valence-electron chi connectivity index (χ0n) is 12.3. The number of esters is 2. The zero-order chi connectivity index (χ0) is 16.4. The van der Waals surface area contributed by atoms with Crippen LogP contribution in [0, 0.1) is 0 Å². The Kier molecular flexibility index (Phi) is 9.66. The topological polar surface area (TPSA) is 52.6 Å². The molecule has 0 radical (unpaired) electrons. The molecule has 0 N–H and O–H groups in total. The molecule has 1 heterocycles. The SMILES string of the molecule is C/C=C/C(=O)OCCCCCCOC(=O)c1cc(Br)sc1Br. The number of thiophene rings is 1. The van der Waals surface area contributed by atoms with Crippen molar-refractivity contribution in [3.8, 4) is 0 Å². The highest BCUT2D eigenvalue weighted by Gasteiger charge is 2.14. The van der Waals surface area contributed by atoms with Gasteiger partial charge in [-0.2, -0.15) is 0 Å². The summed E-state index contributed by atoms with van der Waals surface area (Å²) in [6.45, 7) is 2.60. The predicted molar refractivity (Wildman–Crippen MR) is 94.2 cm³/mol.